The molecule has 1 atom stereocenters. The maximum absolute atomic E-state index is 12.1. The van der Waals surface area contributed by atoms with Gasteiger partial charge in [-0.1, -0.05) is 31.7 Å². The molecule has 26 heavy (non-hydrogen) atoms. The second-order valence-corrected chi connectivity index (χ2v) is 7.75. The van der Waals surface area contributed by atoms with E-state index in [2.05, 4.69) is 42.4 Å². The second kappa shape index (κ2) is 8.52. The van der Waals surface area contributed by atoms with Crippen molar-refractivity contribution >= 4 is 28.6 Å². The molecule has 1 fully saturated rings. The molecule has 0 spiro atoms. The van der Waals surface area contributed by atoms with E-state index in [-0.39, 0.29) is 17.8 Å². The van der Waals surface area contributed by atoms with Gasteiger partial charge in [0.05, 0.1) is 22.9 Å². The Morgan fingerprint density at radius 1 is 1.46 bits per heavy atom. The van der Waals surface area contributed by atoms with Crippen LogP contribution < -0.4 is 5.32 Å². The Balaban J connectivity index is 1.67. The predicted molar refractivity (Wildman–Crippen MR) is 103 cm³/mol. The molecule has 5 nitrogen and oxygen atoms in total. The van der Waals surface area contributed by atoms with Crippen molar-refractivity contribution in [1.29, 1.82) is 5.26 Å². The Bertz CT molecular complexity index is 839. The van der Waals surface area contributed by atoms with Gasteiger partial charge in [0, 0.05) is 18.5 Å². The molecule has 1 aromatic heterocycles. The number of pyridine rings is 1. The Labute approximate surface area is 158 Å². The zero-order valence-corrected chi connectivity index (χ0v) is 15.9. The summed E-state index contributed by atoms with van der Waals surface area (Å²) in [6, 6.07) is 10.2. The number of benzene rings is 1. The van der Waals surface area contributed by atoms with Gasteiger partial charge in [0.25, 0.3) is 0 Å². The molecule has 0 unspecified atom stereocenters. The van der Waals surface area contributed by atoms with E-state index in [4.69, 9.17) is 4.74 Å². The van der Waals surface area contributed by atoms with Gasteiger partial charge >= 0.3 is 0 Å². The lowest BCUT2D eigenvalue weighted by Crippen LogP contribution is -2.32. The SMILES string of the molecule is CC(C)c1ccc2nc(SCC(=O)NC[C@@H]3CCCO3)c(C#N)cc2c1. The summed E-state index contributed by atoms with van der Waals surface area (Å²) in [6.45, 7) is 5.60. The van der Waals surface area contributed by atoms with Crippen molar-refractivity contribution in [3.8, 4) is 6.07 Å². The van der Waals surface area contributed by atoms with Crippen molar-refractivity contribution in [1.82, 2.24) is 10.3 Å². The van der Waals surface area contributed by atoms with E-state index in [1.807, 2.05) is 12.1 Å². The van der Waals surface area contributed by atoms with E-state index < -0.39 is 0 Å². The van der Waals surface area contributed by atoms with Crippen LogP contribution in [-0.2, 0) is 9.53 Å². The molecule has 0 radical (unpaired) electrons. The average Bonchev–Trinajstić information content (AvgIpc) is 3.16. The lowest BCUT2D eigenvalue weighted by atomic mass is 10.0. The first-order chi connectivity index (χ1) is 12.6. The smallest absolute Gasteiger partial charge is 0.230 e. The van der Waals surface area contributed by atoms with Crippen LogP contribution >= 0.6 is 11.8 Å². The highest BCUT2D eigenvalue weighted by Crippen LogP contribution is 2.27. The molecule has 2 heterocycles. The number of nitrogens with one attached hydrogen (secondary N) is 1. The molecule has 0 saturated carbocycles. The third-order valence-corrected chi connectivity index (χ3v) is 5.47. The van der Waals surface area contributed by atoms with E-state index in [1.54, 1.807) is 0 Å². The first-order valence-electron chi connectivity index (χ1n) is 8.92. The van der Waals surface area contributed by atoms with Crippen LogP contribution in [-0.4, -0.2) is 35.9 Å². The molecule has 1 aromatic carbocycles. The number of nitriles is 1. The highest BCUT2D eigenvalue weighted by Gasteiger charge is 2.17. The fourth-order valence-electron chi connectivity index (χ4n) is 2.94. The number of rotatable bonds is 6. The van der Waals surface area contributed by atoms with Crippen LogP contribution in [0, 0.1) is 11.3 Å². The van der Waals surface area contributed by atoms with Gasteiger partial charge in [0.15, 0.2) is 0 Å². The van der Waals surface area contributed by atoms with Gasteiger partial charge in [0.2, 0.25) is 5.91 Å². The minimum atomic E-state index is -0.0635. The molecule has 3 rings (SSSR count). The van der Waals surface area contributed by atoms with Crippen molar-refractivity contribution in [3.05, 3.63) is 35.4 Å². The van der Waals surface area contributed by atoms with Crippen LogP contribution in [0.25, 0.3) is 10.9 Å². The molecule has 1 amide bonds. The van der Waals surface area contributed by atoms with E-state index >= 15 is 0 Å². The van der Waals surface area contributed by atoms with E-state index in [9.17, 15) is 10.1 Å². The van der Waals surface area contributed by atoms with E-state index in [0.29, 0.717) is 23.1 Å². The summed E-state index contributed by atoms with van der Waals surface area (Å²) in [5, 5.41) is 13.9. The van der Waals surface area contributed by atoms with Gasteiger partial charge < -0.3 is 10.1 Å². The zero-order valence-electron chi connectivity index (χ0n) is 15.1. The number of aromatic nitrogens is 1. The number of ether oxygens (including phenoxy) is 1. The van der Waals surface area contributed by atoms with E-state index in [0.717, 1.165) is 30.4 Å². The highest BCUT2D eigenvalue weighted by atomic mass is 32.2. The van der Waals surface area contributed by atoms with Crippen molar-refractivity contribution in [2.45, 2.75) is 43.7 Å². The first kappa shape index (κ1) is 18.7. The highest BCUT2D eigenvalue weighted by molar-refractivity contribution is 8.00. The number of nitrogens with zero attached hydrogens (tertiary/aromatic N) is 2. The average molecular weight is 369 g/mol. The topological polar surface area (TPSA) is 75.0 Å². The molecule has 1 N–H and O–H groups in total. The minimum absolute atomic E-state index is 0.0635. The van der Waals surface area contributed by atoms with Crippen molar-refractivity contribution in [3.63, 3.8) is 0 Å². The van der Waals surface area contributed by atoms with Gasteiger partial charge in [0.1, 0.15) is 11.1 Å². The zero-order chi connectivity index (χ0) is 18.5. The van der Waals surface area contributed by atoms with Gasteiger partial charge in [-0.2, -0.15) is 5.26 Å². The van der Waals surface area contributed by atoms with Crippen molar-refractivity contribution < 1.29 is 9.53 Å². The number of thioether (sulfide) groups is 1. The van der Waals surface area contributed by atoms with Crippen LogP contribution in [0.3, 0.4) is 0 Å². The normalized spacial score (nSPS) is 16.8. The lowest BCUT2D eigenvalue weighted by Gasteiger charge is -2.11. The fourth-order valence-corrected chi connectivity index (χ4v) is 3.74. The Kier molecular flexibility index (Phi) is 6.12. The standard InChI is InChI=1S/C20H23N3O2S/c1-13(2)14-5-6-18-15(8-14)9-16(10-21)20(23-18)26-12-19(24)22-11-17-4-3-7-25-17/h5-6,8-9,13,17H,3-4,7,11-12H2,1-2H3,(H,22,24)/t17-/m0/s1. The molecule has 0 aliphatic carbocycles. The summed E-state index contributed by atoms with van der Waals surface area (Å²) in [6.07, 6.45) is 2.18. The Morgan fingerprint density at radius 2 is 2.31 bits per heavy atom. The third kappa shape index (κ3) is 4.54. The van der Waals surface area contributed by atoms with Crippen LogP contribution in [0.5, 0.6) is 0 Å². The summed E-state index contributed by atoms with van der Waals surface area (Å²) in [5.41, 5.74) is 2.57. The summed E-state index contributed by atoms with van der Waals surface area (Å²) in [5.74, 6) is 0.599. The summed E-state index contributed by atoms with van der Waals surface area (Å²) < 4.78 is 5.50. The second-order valence-electron chi connectivity index (χ2n) is 6.79. The van der Waals surface area contributed by atoms with E-state index in [1.165, 1.54) is 17.3 Å². The Morgan fingerprint density at radius 3 is 3.00 bits per heavy atom. The number of carbonyl (C=O) groups is 1. The molecule has 1 aliphatic rings. The van der Waals surface area contributed by atoms with Crippen molar-refractivity contribution in [2.24, 2.45) is 0 Å². The van der Waals surface area contributed by atoms with Gasteiger partial charge in [-0.3, -0.25) is 4.79 Å². The van der Waals surface area contributed by atoms with Crippen LogP contribution in [0.4, 0.5) is 0 Å². The maximum Gasteiger partial charge on any atom is 0.230 e. The van der Waals surface area contributed by atoms with Crippen LogP contribution in [0.1, 0.15) is 43.7 Å². The molecule has 136 valence electrons. The molecular formula is C20H23N3O2S. The number of carbonyl (C=O) groups excluding carboxylic acids is 1. The number of hydrogen-bond donors (Lipinski definition) is 1. The fraction of sp³-hybridized carbons (Fsp3) is 0.450. The third-order valence-electron chi connectivity index (χ3n) is 4.48. The summed E-state index contributed by atoms with van der Waals surface area (Å²) in [7, 11) is 0. The molecule has 1 saturated heterocycles. The number of amides is 1. The largest absolute Gasteiger partial charge is 0.376 e. The molecule has 2 aromatic rings. The van der Waals surface area contributed by atoms with Gasteiger partial charge in [-0.05, 0) is 42.5 Å². The predicted octanol–water partition coefficient (Wildman–Crippen LogP) is 3.62. The molecular weight excluding hydrogens is 346 g/mol. The lowest BCUT2D eigenvalue weighted by molar-refractivity contribution is -0.119. The van der Waals surface area contributed by atoms with Crippen LogP contribution in [0.2, 0.25) is 0 Å². The monoisotopic (exact) mass is 369 g/mol. The quantitative estimate of drug-likeness (QED) is 0.787. The molecule has 0 bridgehead atoms. The Hall–Kier alpha value is -2.10. The van der Waals surface area contributed by atoms with Gasteiger partial charge in [-0.25, -0.2) is 4.98 Å². The summed E-state index contributed by atoms with van der Waals surface area (Å²) >= 11 is 1.30. The first-order valence-corrected chi connectivity index (χ1v) is 9.91. The molecule has 6 heteroatoms. The maximum atomic E-state index is 12.1. The number of fused-ring (bicyclic) bond motifs is 1. The minimum Gasteiger partial charge on any atom is -0.376 e. The van der Waals surface area contributed by atoms with Gasteiger partial charge in [-0.15, -0.1) is 0 Å². The van der Waals surface area contributed by atoms with Crippen molar-refractivity contribution in [2.75, 3.05) is 18.9 Å². The summed E-state index contributed by atoms with van der Waals surface area (Å²) in [4.78, 5) is 16.6. The molecule has 1 aliphatic heterocycles. The number of hydrogen-bond acceptors (Lipinski definition) is 5. The van der Waals surface area contributed by atoms with Crippen LogP contribution in [0.15, 0.2) is 29.3 Å².